The Kier molecular flexibility index (Phi) is 3.30. The normalized spacial score (nSPS) is 21.1. The largest absolute Gasteiger partial charge is 0.365 e. The van der Waals surface area contributed by atoms with E-state index in [-0.39, 0.29) is 6.04 Å². The fourth-order valence-corrected chi connectivity index (χ4v) is 3.35. The SMILES string of the molecule is CS(=O)(=O)N1CCCC(Nc2ncnc3[nH]ncc23)C1. The number of fused-ring (bicyclic) bond motifs is 1. The lowest BCUT2D eigenvalue weighted by molar-refractivity contribution is 0.329. The van der Waals surface area contributed by atoms with E-state index in [9.17, 15) is 8.42 Å². The van der Waals surface area contributed by atoms with E-state index in [4.69, 9.17) is 0 Å². The molecule has 0 bridgehead atoms. The number of anilines is 1. The Balaban J connectivity index is 1.79. The van der Waals surface area contributed by atoms with Crippen LogP contribution in [0.2, 0.25) is 0 Å². The number of hydrogen-bond acceptors (Lipinski definition) is 6. The summed E-state index contributed by atoms with van der Waals surface area (Å²) in [6.45, 7) is 1.05. The fourth-order valence-electron chi connectivity index (χ4n) is 2.43. The van der Waals surface area contributed by atoms with Crippen LogP contribution in [-0.2, 0) is 10.0 Å². The van der Waals surface area contributed by atoms with Crippen LogP contribution in [0, 0.1) is 0 Å². The number of hydrogen-bond donors (Lipinski definition) is 2. The van der Waals surface area contributed by atoms with Crippen molar-refractivity contribution < 1.29 is 8.42 Å². The summed E-state index contributed by atoms with van der Waals surface area (Å²) in [6.07, 6.45) is 6.11. The molecule has 1 saturated heterocycles. The second-order valence-corrected chi connectivity index (χ2v) is 6.94. The van der Waals surface area contributed by atoms with Gasteiger partial charge in [0.05, 0.1) is 17.8 Å². The molecule has 0 radical (unpaired) electrons. The molecule has 3 heterocycles. The Morgan fingerprint density at radius 1 is 1.45 bits per heavy atom. The van der Waals surface area contributed by atoms with Crippen molar-refractivity contribution in [1.82, 2.24) is 24.5 Å². The predicted octanol–water partition coefficient (Wildman–Crippen LogP) is 0.189. The molecule has 9 heteroatoms. The summed E-state index contributed by atoms with van der Waals surface area (Å²) >= 11 is 0. The minimum Gasteiger partial charge on any atom is -0.365 e. The second kappa shape index (κ2) is 4.98. The fraction of sp³-hybridized carbons (Fsp3) is 0.545. The van der Waals surface area contributed by atoms with Gasteiger partial charge in [0, 0.05) is 19.1 Å². The van der Waals surface area contributed by atoms with E-state index in [1.54, 1.807) is 6.20 Å². The molecule has 1 unspecified atom stereocenters. The van der Waals surface area contributed by atoms with E-state index in [1.807, 2.05) is 0 Å². The average molecular weight is 296 g/mol. The molecule has 0 saturated carbocycles. The van der Waals surface area contributed by atoms with Gasteiger partial charge in [0.25, 0.3) is 0 Å². The summed E-state index contributed by atoms with van der Waals surface area (Å²) in [5, 5.41) is 10.8. The van der Waals surface area contributed by atoms with Crippen LogP contribution >= 0.6 is 0 Å². The third-order valence-corrected chi connectivity index (χ3v) is 4.71. The van der Waals surface area contributed by atoms with Crippen LogP contribution in [-0.4, -0.2) is 58.3 Å². The standard InChI is InChI=1S/C11H16N6O2S/c1-20(18,19)17-4-2-3-8(6-17)15-10-9-5-14-16-11(9)13-7-12-10/h5,7-8H,2-4,6H2,1H3,(H2,12,13,14,15,16). The van der Waals surface area contributed by atoms with Gasteiger partial charge in [0.2, 0.25) is 10.0 Å². The molecule has 2 aromatic heterocycles. The van der Waals surface area contributed by atoms with Gasteiger partial charge in [0.15, 0.2) is 5.65 Å². The first-order chi connectivity index (χ1) is 9.54. The highest BCUT2D eigenvalue weighted by atomic mass is 32.2. The molecule has 0 aromatic carbocycles. The molecule has 0 aliphatic carbocycles. The van der Waals surface area contributed by atoms with Crippen molar-refractivity contribution in [2.24, 2.45) is 0 Å². The molecule has 1 atom stereocenters. The molecule has 20 heavy (non-hydrogen) atoms. The van der Waals surface area contributed by atoms with Crippen molar-refractivity contribution in [2.75, 3.05) is 24.7 Å². The summed E-state index contributed by atoms with van der Waals surface area (Å²) in [4.78, 5) is 8.28. The zero-order valence-corrected chi connectivity index (χ0v) is 11.9. The van der Waals surface area contributed by atoms with Crippen molar-refractivity contribution in [3.05, 3.63) is 12.5 Å². The predicted molar refractivity (Wildman–Crippen MR) is 74.7 cm³/mol. The Labute approximate surface area is 116 Å². The van der Waals surface area contributed by atoms with Gasteiger partial charge < -0.3 is 5.32 Å². The quantitative estimate of drug-likeness (QED) is 0.838. The van der Waals surface area contributed by atoms with Gasteiger partial charge in [-0.1, -0.05) is 0 Å². The Morgan fingerprint density at radius 3 is 3.10 bits per heavy atom. The van der Waals surface area contributed by atoms with Gasteiger partial charge in [-0.05, 0) is 12.8 Å². The van der Waals surface area contributed by atoms with E-state index in [0.717, 1.165) is 18.2 Å². The summed E-state index contributed by atoms with van der Waals surface area (Å²) in [7, 11) is -3.14. The Bertz CT molecular complexity index is 713. The van der Waals surface area contributed by atoms with Gasteiger partial charge >= 0.3 is 0 Å². The molecule has 8 nitrogen and oxygen atoms in total. The number of H-pyrrole nitrogens is 1. The van der Waals surface area contributed by atoms with E-state index < -0.39 is 10.0 Å². The first-order valence-corrected chi connectivity index (χ1v) is 8.24. The van der Waals surface area contributed by atoms with E-state index in [1.165, 1.54) is 16.9 Å². The average Bonchev–Trinajstić information content (AvgIpc) is 2.87. The number of piperidine rings is 1. The molecular weight excluding hydrogens is 280 g/mol. The zero-order chi connectivity index (χ0) is 14.2. The molecule has 1 aliphatic rings. The summed E-state index contributed by atoms with van der Waals surface area (Å²) in [5.74, 6) is 0.684. The molecule has 108 valence electrons. The number of nitrogens with one attached hydrogen (secondary N) is 2. The van der Waals surface area contributed by atoms with Gasteiger partial charge in [-0.15, -0.1) is 0 Å². The van der Waals surface area contributed by atoms with Crippen LogP contribution in [0.5, 0.6) is 0 Å². The smallest absolute Gasteiger partial charge is 0.211 e. The highest BCUT2D eigenvalue weighted by Gasteiger charge is 2.26. The van der Waals surface area contributed by atoms with Crippen molar-refractivity contribution in [1.29, 1.82) is 0 Å². The number of rotatable bonds is 3. The summed E-state index contributed by atoms with van der Waals surface area (Å²) < 4.78 is 24.7. The number of nitrogens with zero attached hydrogens (tertiary/aromatic N) is 4. The van der Waals surface area contributed by atoms with Gasteiger partial charge in [0.1, 0.15) is 12.1 Å². The topological polar surface area (TPSA) is 104 Å². The first kappa shape index (κ1) is 13.3. The monoisotopic (exact) mass is 296 g/mol. The minimum absolute atomic E-state index is 0.0477. The minimum atomic E-state index is -3.14. The lowest BCUT2D eigenvalue weighted by Gasteiger charge is -2.31. The van der Waals surface area contributed by atoms with Crippen molar-refractivity contribution in [3.63, 3.8) is 0 Å². The van der Waals surface area contributed by atoms with Crippen LogP contribution in [0.25, 0.3) is 11.0 Å². The molecular formula is C11H16N6O2S. The lowest BCUT2D eigenvalue weighted by atomic mass is 10.1. The van der Waals surface area contributed by atoms with E-state index in [2.05, 4.69) is 25.5 Å². The summed E-state index contributed by atoms with van der Waals surface area (Å²) in [5.41, 5.74) is 0.665. The maximum absolute atomic E-state index is 11.6. The van der Waals surface area contributed by atoms with Gasteiger partial charge in [-0.25, -0.2) is 22.7 Å². The van der Waals surface area contributed by atoms with Crippen LogP contribution in [0.1, 0.15) is 12.8 Å². The van der Waals surface area contributed by atoms with Crippen LogP contribution < -0.4 is 5.32 Å². The molecule has 0 amide bonds. The van der Waals surface area contributed by atoms with Crippen LogP contribution in [0.3, 0.4) is 0 Å². The number of aromatic amines is 1. The molecule has 0 spiro atoms. The lowest BCUT2D eigenvalue weighted by Crippen LogP contribution is -2.44. The van der Waals surface area contributed by atoms with Crippen LogP contribution in [0.15, 0.2) is 12.5 Å². The molecule has 1 fully saturated rings. The molecule has 3 rings (SSSR count). The molecule has 2 N–H and O–H groups in total. The van der Waals surface area contributed by atoms with Crippen molar-refractivity contribution >= 4 is 26.9 Å². The summed E-state index contributed by atoms with van der Waals surface area (Å²) in [6, 6.07) is 0.0477. The number of aromatic nitrogens is 4. The molecule has 2 aromatic rings. The van der Waals surface area contributed by atoms with E-state index in [0.29, 0.717) is 24.6 Å². The van der Waals surface area contributed by atoms with E-state index >= 15 is 0 Å². The molecule has 1 aliphatic heterocycles. The maximum Gasteiger partial charge on any atom is 0.211 e. The Hall–Kier alpha value is -1.74. The highest BCUT2D eigenvalue weighted by molar-refractivity contribution is 7.88. The van der Waals surface area contributed by atoms with Gasteiger partial charge in [-0.2, -0.15) is 5.10 Å². The van der Waals surface area contributed by atoms with Gasteiger partial charge in [-0.3, -0.25) is 5.10 Å². The zero-order valence-electron chi connectivity index (χ0n) is 11.1. The third-order valence-electron chi connectivity index (χ3n) is 3.44. The second-order valence-electron chi connectivity index (χ2n) is 4.96. The van der Waals surface area contributed by atoms with Crippen LogP contribution in [0.4, 0.5) is 5.82 Å². The Morgan fingerprint density at radius 2 is 2.30 bits per heavy atom. The van der Waals surface area contributed by atoms with Crippen molar-refractivity contribution in [2.45, 2.75) is 18.9 Å². The maximum atomic E-state index is 11.6. The number of sulfonamides is 1. The first-order valence-electron chi connectivity index (χ1n) is 6.40. The third kappa shape index (κ3) is 2.59. The highest BCUT2D eigenvalue weighted by Crippen LogP contribution is 2.21. The van der Waals surface area contributed by atoms with Crippen molar-refractivity contribution in [3.8, 4) is 0 Å².